The number of amides is 2. The zero-order valence-corrected chi connectivity index (χ0v) is 17.9. The number of carbonyl (C=O) groups excluding carboxylic acids is 2. The number of hydrogen-bond donors (Lipinski definition) is 2. The Morgan fingerprint density at radius 1 is 1.00 bits per heavy atom. The quantitative estimate of drug-likeness (QED) is 0.747. The number of ether oxygens (including phenoxy) is 1. The number of hydrogen-bond acceptors (Lipinski definition) is 4. The number of alkyl carbamates (subject to hydrolysis) is 1. The molecule has 2 amide bonds. The van der Waals surface area contributed by atoms with Gasteiger partial charge in [0.05, 0.1) is 6.04 Å². The Balaban J connectivity index is 1.97. The molecule has 29 heavy (non-hydrogen) atoms. The summed E-state index contributed by atoms with van der Waals surface area (Å²) in [6, 6.07) is 17.0. The van der Waals surface area contributed by atoms with Crippen molar-refractivity contribution in [3.05, 3.63) is 71.3 Å². The largest absolute Gasteiger partial charge is 0.444 e. The van der Waals surface area contributed by atoms with Crippen LogP contribution >= 0.6 is 0 Å². The van der Waals surface area contributed by atoms with E-state index >= 15 is 0 Å². The van der Waals surface area contributed by atoms with E-state index in [-0.39, 0.29) is 11.9 Å². The first kappa shape index (κ1) is 22.4. The molecule has 2 N–H and O–H groups in total. The van der Waals surface area contributed by atoms with Gasteiger partial charge in [-0.05, 0) is 58.1 Å². The molecular formula is C23H31N3O3. The summed E-state index contributed by atoms with van der Waals surface area (Å²) in [5, 5.41) is 5.82. The van der Waals surface area contributed by atoms with Gasteiger partial charge in [-0.1, -0.05) is 42.5 Å². The van der Waals surface area contributed by atoms with Crippen molar-refractivity contribution in [2.75, 3.05) is 20.6 Å². The Labute approximate surface area is 173 Å². The predicted molar refractivity (Wildman–Crippen MR) is 115 cm³/mol. The Morgan fingerprint density at radius 2 is 1.62 bits per heavy atom. The molecule has 156 valence electrons. The van der Waals surface area contributed by atoms with Gasteiger partial charge in [0.15, 0.2) is 0 Å². The van der Waals surface area contributed by atoms with E-state index in [1.807, 2.05) is 82.2 Å². The van der Waals surface area contributed by atoms with Crippen molar-refractivity contribution in [1.29, 1.82) is 0 Å². The van der Waals surface area contributed by atoms with E-state index in [1.54, 1.807) is 12.1 Å². The molecular weight excluding hydrogens is 366 g/mol. The zero-order chi connectivity index (χ0) is 21.4. The molecule has 0 spiro atoms. The Hall–Kier alpha value is -2.86. The fraction of sp³-hybridized carbons (Fsp3) is 0.391. The molecule has 6 heteroatoms. The lowest BCUT2D eigenvalue weighted by Crippen LogP contribution is -2.35. The molecule has 0 bridgehead atoms. The average molecular weight is 398 g/mol. The number of rotatable bonds is 7. The van der Waals surface area contributed by atoms with Gasteiger partial charge in [-0.15, -0.1) is 0 Å². The highest BCUT2D eigenvalue weighted by atomic mass is 16.6. The molecule has 0 fully saturated rings. The van der Waals surface area contributed by atoms with Gasteiger partial charge in [-0.2, -0.15) is 0 Å². The fourth-order valence-electron chi connectivity index (χ4n) is 2.79. The van der Waals surface area contributed by atoms with Crippen LogP contribution in [0, 0.1) is 0 Å². The van der Waals surface area contributed by atoms with E-state index in [0.717, 1.165) is 11.1 Å². The van der Waals surface area contributed by atoms with Crippen molar-refractivity contribution in [1.82, 2.24) is 15.5 Å². The molecule has 0 radical (unpaired) electrons. The minimum Gasteiger partial charge on any atom is -0.444 e. The summed E-state index contributed by atoms with van der Waals surface area (Å²) < 4.78 is 5.22. The minimum absolute atomic E-state index is 0.104. The summed E-state index contributed by atoms with van der Waals surface area (Å²) in [5.41, 5.74) is 1.99. The van der Waals surface area contributed by atoms with Crippen molar-refractivity contribution in [3.8, 4) is 0 Å². The first-order chi connectivity index (χ1) is 13.6. The molecule has 0 saturated heterocycles. The van der Waals surface area contributed by atoms with Crippen LogP contribution in [0.2, 0.25) is 0 Å². The maximum atomic E-state index is 12.7. The number of nitrogens with zero attached hydrogens (tertiary/aromatic N) is 1. The number of likely N-dealkylation sites (N-methyl/N-ethyl adjacent to an activating group) is 1. The van der Waals surface area contributed by atoms with E-state index in [2.05, 4.69) is 10.6 Å². The molecule has 2 rings (SSSR count). The monoisotopic (exact) mass is 397 g/mol. The van der Waals surface area contributed by atoms with Crippen LogP contribution in [-0.2, 0) is 11.3 Å². The molecule has 2 aromatic rings. The van der Waals surface area contributed by atoms with Gasteiger partial charge in [-0.3, -0.25) is 4.79 Å². The van der Waals surface area contributed by atoms with Crippen LogP contribution in [0.15, 0.2) is 54.6 Å². The molecule has 0 aliphatic rings. The van der Waals surface area contributed by atoms with Crippen LogP contribution in [0.25, 0.3) is 0 Å². The second-order valence-corrected chi connectivity index (χ2v) is 8.25. The minimum atomic E-state index is -0.534. The highest BCUT2D eigenvalue weighted by Gasteiger charge is 2.17. The molecule has 0 unspecified atom stereocenters. The zero-order valence-electron chi connectivity index (χ0n) is 17.9. The highest BCUT2D eigenvalue weighted by Crippen LogP contribution is 2.15. The van der Waals surface area contributed by atoms with Crippen LogP contribution in [0.1, 0.15) is 48.3 Å². The van der Waals surface area contributed by atoms with Crippen LogP contribution in [0.5, 0.6) is 0 Å². The number of benzene rings is 2. The van der Waals surface area contributed by atoms with Crippen LogP contribution < -0.4 is 10.6 Å². The molecule has 2 aromatic carbocycles. The molecule has 1 atom stereocenters. The standard InChI is InChI=1S/C23H31N3O3/c1-23(2,3)29-22(28)24-15-17-11-13-19(14-12-17)21(27)25-20(16-26(4)5)18-9-7-6-8-10-18/h6-14,20H,15-16H2,1-5H3,(H,24,28)(H,25,27)/t20-/m0/s1. The van der Waals surface area contributed by atoms with Gasteiger partial charge in [0.2, 0.25) is 0 Å². The summed E-state index contributed by atoms with van der Waals surface area (Å²) in [7, 11) is 3.96. The number of nitrogens with one attached hydrogen (secondary N) is 2. The van der Waals surface area contributed by atoms with Crippen molar-refractivity contribution >= 4 is 12.0 Å². The number of carbonyl (C=O) groups is 2. The van der Waals surface area contributed by atoms with Crippen molar-refractivity contribution in [2.24, 2.45) is 0 Å². The molecule has 0 aliphatic carbocycles. The van der Waals surface area contributed by atoms with E-state index in [4.69, 9.17) is 4.74 Å². The Bertz CT molecular complexity index is 796. The first-order valence-corrected chi connectivity index (χ1v) is 9.70. The molecule has 0 saturated carbocycles. The van der Waals surface area contributed by atoms with E-state index in [9.17, 15) is 9.59 Å². The highest BCUT2D eigenvalue weighted by molar-refractivity contribution is 5.94. The van der Waals surface area contributed by atoms with E-state index < -0.39 is 11.7 Å². The van der Waals surface area contributed by atoms with Crippen molar-refractivity contribution < 1.29 is 14.3 Å². The Kier molecular flexibility index (Phi) is 7.79. The van der Waals surface area contributed by atoms with E-state index in [0.29, 0.717) is 18.7 Å². The maximum absolute atomic E-state index is 12.7. The fourth-order valence-corrected chi connectivity index (χ4v) is 2.79. The lowest BCUT2D eigenvalue weighted by atomic mass is 10.1. The SMILES string of the molecule is CN(C)C[C@H](NC(=O)c1ccc(CNC(=O)OC(C)(C)C)cc1)c1ccccc1. The smallest absolute Gasteiger partial charge is 0.407 e. The Morgan fingerprint density at radius 3 is 2.17 bits per heavy atom. The van der Waals surface area contributed by atoms with Crippen molar-refractivity contribution in [3.63, 3.8) is 0 Å². The van der Waals surface area contributed by atoms with E-state index in [1.165, 1.54) is 0 Å². The normalized spacial score (nSPS) is 12.3. The molecule has 0 heterocycles. The third-order valence-electron chi connectivity index (χ3n) is 4.11. The predicted octanol–water partition coefficient (Wildman–Crippen LogP) is 3.74. The van der Waals surface area contributed by atoms with Crippen LogP contribution in [0.4, 0.5) is 4.79 Å². The molecule has 0 aliphatic heterocycles. The first-order valence-electron chi connectivity index (χ1n) is 9.70. The van der Waals surface area contributed by atoms with Crippen LogP contribution in [-0.4, -0.2) is 43.1 Å². The summed E-state index contributed by atoms with van der Waals surface area (Å²) in [6.07, 6.45) is -0.464. The van der Waals surface area contributed by atoms with Gasteiger partial charge >= 0.3 is 6.09 Å². The second-order valence-electron chi connectivity index (χ2n) is 8.25. The third kappa shape index (κ3) is 7.95. The van der Waals surface area contributed by atoms with Gasteiger partial charge in [-0.25, -0.2) is 4.79 Å². The van der Waals surface area contributed by atoms with Gasteiger partial charge in [0, 0.05) is 18.7 Å². The summed E-state index contributed by atoms with van der Waals surface area (Å²) in [6.45, 7) is 6.49. The van der Waals surface area contributed by atoms with Gasteiger partial charge in [0.25, 0.3) is 5.91 Å². The second kappa shape index (κ2) is 10.1. The molecule has 6 nitrogen and oxygen atoms in total. The molecule has 0 aromatic heterocycles. The van der Waals surface area contributed by atoms with Crippen molar-refractivity contribution in [2.45, 2.75) is 39.0 Å². The summed E-state index contributed by atoms with van der Waals surface area (Å²) in [5.74, 6) is -0.132. The average Bonchev–Trinajstić information content (AvgIpc) is 2.65. The van der Waals surface area contributed by atoms with Gasteiger partial charge in [0.1, 0.15) is 5.60 Å². The summed E-state index contributed by atoms with van der Waals surface area (Å²) >= 11 is 0. The lowest BCUT2D eigenvalue weighted by molar-refractivity contribution is 0.0523. The van der Waals surface area contributed by atoms with Crippen LogP contribution in [0.3, 0.4) is 0 Å². The third-order valence-corrected chi connectivity index (χ3v) is 4.11. The van der Waals surface area contributed by atoms with Gasteiger partial charge < -0.3 is 20.3 Å². The summed E-state index contributed by atoms with van der Waals surface area (Å²) in [4.78, 5) is 26.5. The maximum Gasteiger partial charge on any atom is 0.407 e. The topological polar surface area (TPSA) is 70.7 Å². The lowest BCUT2D eigenvalue weighted by Gasteiger charge is -2.23.